The van der Waals surface area contributed by atoms with E-state index in [4.69, 9.17) is 5.73 Å². The molecule has 108 valence electrons. The first-order valence-electron chi connectivity index (χ1n) is 6.53. The number of para-hydroxylation sites is 2. The maximum Gasteiger partial charge on any atom is 0.329 e. The quantitative estimate of drug-likeness (QED) is 0.936. The second kappa shape index (κ2) is 6.56. The fourth-order valence-electron chi connectivity index (χ4n) is 2.00. The smallest absolute Gasteiger partial charge is 0.329 e. The summed E-state index contributed by atoms with van der Waals surface area (Å²) < 4.78 is 0. The van der Waals surface area contributed by atoms with Crippen LogP contribution in [0.4, 0.5) is 16.2 Å². The van der Waals surface area contributed by atoms with Gasteiger partial charge in [0.15, 0.2) is 0 Å². The van der Waals surface area contributed by atoms with Gasteiger partial charge in [0.1, 0.15) is 6.54 Å². The van der Waals surface area contributed by atoms with Gasteiger partial charge < -0.3 is 10.6 Å². The van der Waals surface area contributed by atoms with Crippen molar-refractivity contribution >= 4 is 23.3 Å². The summed E-state index contributed by atoms with van der Waals surface area (Å²) in [5, 5.41) is 0. The normalized spacial score (nSPS) is 9.95. The predicted octanol–water partition coefficient (Wildman–Crippen LogP) is 2.36. The molecule has 0 atom stereocenters. The zero-order valence-electron chi connectivity index (χ0n) is 11.8. The second-order valence-corrected chi connectivity index (χ2v) is 4.61. The van der Waals surface area contributed by atoms with Crippen molar-refractivity contribution in [3.8, 4) is 0 Å². The Morgan fingerprint density at radius 1 is 0.905 bits per heavy atom. The SMILES string of the molecule is CN(CC(N)=O)C(=O)N(c1ccccc1)c1ccccc1. The summed E-state index contributed by atoms with van der Waals surface area (Å²) in [5.41, 5.74) is 6.61. The highest BCUT2D eigenvalue weighted by molar-refractivity contribution is 6.00. The van der Waals surface area contributed by atoms with Crippen LogP contribution in [0.25, 0.3) is 0 Å². The minimum Gasteiger partial charge on any atom is -0.368 e. The molecule has 5 nitrogen and oxygen atoms in total. The van der Waals surface area contributed by atoms with E-state index in [1.54, 1.807) is 11.9 Å². The average molecular weight is 283 g/mol. The summed E-state index contributed by atoms with van der Waals surface area (Å²) in [6, 6.07) is 18.2. The number of nitrogens with two attached hydrogens (primary N) is 1. The fourth-order valence-corrected chi connectivity index (χ4v) is 2.00. The molecule has 0 aliphatic rings. The van der Waals surface area contributed by atoms with Gasteiger partial charge in [0.2, 0.25) is 5.91 Å². The van der Waals surface area contributed by atoms with Gasteiger partial charge >= 0.3 is 6.03 Å². The fraction of sp³-hybridized carbons (Fsp3) is 0.125. The second-order valence-electron chi connectivity index (χ2n) is 4.61. The molecule has 21 heavy (non-hydrogen) atoms. The summed E-state index contributed by atoms with van der Waals surface area (Å²) >= 11 is 0. The van der Waals surface area contributed by atoms with Crippen LogP contribution in [0, 0.1) is 0 Å². The number of carbonyl (C=O) groups is 2. The zero-order valence-corrected chi connectivity index (χ0v) is 11.8. The third kappa shape index (κ3) is 3.60. The molecule has 5 heteroatoms. The number of hydrogen-bond acceptors (Lipinski definition) is 2. The Kier molecular flexibility index (Phi) is 4.56. The molecule has 2 N–H and O–H groups in total. The third-order valence-corrected chi connectivity index (χ3v) is 2.94. The van der Waals surface area contributed by atoms with Gasteiger partial charge in [-0.3, -0.25) is 9.69 Å². The molecule has 0 fully saturated rings. The summed E-state index contributed by atoms with van der Waals surface area (Å²) in [6.45, 7) is -0.130. The average Bonchev–Trinajstić information content (AvgIpc) is 2.49. The molecule has 2 rings (SSSR count). The Morgan fingerprint density at radius 3 is 1.71 bits per heavy atom. The lowest BCUT2D eigenvalue weighted by molar-refractivity contribution is -0.118. The van der Waals surface area contributed by atoms with Gasteiger partial charge in [-0.25, -0.2) is 4.79 Å². The molecule has 0 bridgehead atoms. The number of primary amides is 1. The van der Waals surface area contributed by atoms with Gasteiger partial charge in [-0.1, -0.05) is 36.4 Å². The van der Waals surface area contributed by atoms with Crippen LogP contribution in [0.3, 0.4) is 0 Å². The molecule has 0 radical (unpaired) electrons. The van der Waals surface area contributed by atoms with Crippen LogP contribution in [0.5, 0.6) is 0 Å². The van der Waals surface area contributed by atoms with Gasteiger partial charge in [0.25, 0.3) is 0 Å². The maximum absolute atomic E-state index is 12.6. The molecule has 0 aliphatic heterocycles. The first-order valence-corrected chi connectivity index (χ1v) is 6.53. The highest BCUT2D eigenvalue weighted by Gasteiger charge is 2.22. The number of rotatable bonds is 4. The molecule has 0 spiro atoms. The highest BCUT2D eigenvalue weighted by atomic mass is 16.2. The summed E-state index contributed by atoms with van der Waals surface area (Å²) in [6.07, 6.45) is 0. The van der Waals surface area contributed by atoms with Gasteiger partial charge in [-0.2, -0.15) is 0 Å². The van der Waals surface area contributed by atoms with E-state index in [-0.39, 0.29) is 12.6 Å². The van der Waals surface area contributed by atoms with Gasteiger partial charge in [0.05, 0.1) is 11.4 Å². The molecule has 0 aromatic heterocycles. The van der Waals surface area contributed by atoms with Crippen LogP contribution in [0.1, 0.15) is 0 Å². The first-order chi connectivity index (χ1) is 10.1. The molecule has 0 aliphatic carbocycles. The number of amides is 3. The summed E-state index contributed by atoms with van der Waals surface area (Å²) in [7, 11) is 1.55. The third-order valence-electron chi connectivity index (χ3n) is 2.94. The molecule has 0 saturated carbocycles. The molecule has 0 unspecified atom stereocenters. The van der Waals surface area contributed by atoms with E-state index >= 15 is 0 Å². The first kappa shape index (κ1) is 14.6. The molecular weight excluding hydrogens is 266 g/mol. The molecule has 3 amide bonds. The molecule has 0 heterocycles. The molecule has 2 aromatic rings. The van der Waals surface area contributed by atoms with Crippen molar-refractivity contribution in [1.82, 2.24) is 4.90 Å². The minimum absolute atomic E-state index is 0.130. The van der Waals surface area contributed by atoms with Crippen molar-refractivity contribution in [2.24, 2.45) is 5.73 Å². The van der Waals surface area contributed by atoms with Crippen LogP contribution in [0.2, 0.25) is 0 Å². The molecule has 0 saturated heterocycles. The van der Waals surface area contributed by atoms with E-state index in [1.807, 2.05) is 60.7 Å². The molecular formula is C16H17N3O2. The van der Waals surface area contributed by atoms with E-state index in [2.05, 4.69) is 0 Å². The van der Waals surface area contributed by atoms with Crippen molar-refractivity contribution < 1.29 is 9.59 Å². The Morgan fingerprint density at radius 2 is 1.33 bits per heavy atom. The Balaban J connectivity index is 2.37. The topological polar surface area (TPSA) is 66.6 Å². The van der Waals surface area contributed by atoms with Crippen LogP contribution in [-0.4, -0.2) is 30.4 Å². The number of carbonyl (C=O) groups excluding carboxylic acids is 2. The minimum atomic E-state index is -0.549. The van der Waals surface area contributed by atoms with Gasteiger partial charge in [-0.15, -0.1) is 0 Å². The number of nitrogens with zero attached hydrogens (tertiary/aromatic N) is 2. The lowest BCUT2D eigenvalue weighted by Crippen LogP contribution is -2.42. The van der Waals surface area contributed by atoms with E-state index in [1.165, 1.54) is 4.90 Å². The standard InChI is InChI=1S/C16H17N3O2/c1-18(12-15(17)20)16(21)19(13-8-4-2-5-9-13)14-10-6-3-7-11-14/h2-11H,12H2,1H3,(H2,17,20). The van der Waals surface area contributed by atoms with Crippen molar-refractivity contribution in [2.45, 2.75) is 0 Å². The van der Waals surface area contributed by atoms with Crippen LogP contribution in [-0.2, 0) is 4.79 Å². The lowest BCUT2D eigenvalue weighted by Gasteiger charge is -2.27. The number of benzene rings is 2. The Labute approximate surface area is 123 Å². The predicted molar refractivity (Wildman–Crippen MR) is 82.2 cm³/mol. The summed E-state index contributed by atoms with van der Waals surface area (Å²) in [4.78, 5) is 26.5. The Hall–Kier alpha value is -2.82. The van der Waals surface area contributed by atoms with E-state index in [0.717, 1.165) is 11.4 Å². The Bertz CT molecular complexity index is 574. The van der Waals surface area contributed by atoms with Crippen molar-refractivity contribution in [3.63, 3.8) is 0 Å². The maximum atomic E-state index is 12.6. The van der Waals surface area contributed by atoms with Gasteiger partial charge in [-0.05, 0) is 24.3 Å². The van der Waals surface area contributed by atoms with Crippen molar-refractivity contribution in [2.75, 3.05) is 18.5 Å². The summed E-state index contributed by atoms with van der Waals surface area (Å²) in [5.74, 6) is -0.549. The van der Waals surface area contributed by atoms with Gasteiger partial charge in [0, 0.05) is 7.05 Å². The largest absolute Gasteiger partial charge is 0.368 e. The van der Waals surface area contributed by atoms with Crippen molar-refractivity contribution in [1.29, 1.82) is 0 Å². The van der Waals surface area contributed by atoms with E-state index < -0.39 is 5.91 Å². The highest BCUT2D eigenvalue weighted by Crippen LogP contribution is 2.26. The lowest BCUT2D eigenvalue weighted by atomic mass is 10.2. The van der Waals surface area contributed by atoms with Crippen molar-refractivity contribution in [3.05, 3.63) is 60.7 Å². The number of hydrogen-bond donors (Lipinski definition) is 1. The van der Waals surface area contributed by atoms with E-state index in [9.17, 15) is 9.59 Å². The van der Waals surface area contributed by atoms with Crippen LogP contribution in [0.15, 0.2) is 60.7 Å². The monoisotopic (exact) mass is 283 g/mol. The van der Waals surface area contributed by atoms with Crippen LogP contribution >= 0.6 is 0 Å². The zero-order chi connectivity index (χ0) is 15.2. The van der Waals surface area contributed by atoms with E-state index in [0.29, 0.717) is 0 Å². The number of anilines is 2. The molecule has 2 aromatic carbocycles. The van der Waals surface area contributed by atoms with Crippen LogP contribution < -0.4 is 10.6 Å². The number of likely N-dealkylation sites (N-methyl/N-ethyl adjacent to an activating group) is 1. The number of urea groups is 1.